The average molecular weight is 250 g/mol. The average Bonchev–Trinajstić information content (AvgIpc) is 2.92. The molecule has 1 N–H and O–H groups in total. The summed E-state index contributed by atoms with van der Waals surface area (Å²) in [4.78, 5) is 6.76. The van der Waals surface area contributed by atoms with Gasteiger partial charge in [0.05, 0.1) is 6.33 Å². The molecule has 0 spiro atoms. The quantitative estimate of drug-likeness (QED) is 0.800. The highest BCUT2D eigenvalue weighted by Crippen LogP contribution is 2.11. The molecule has 1 saturated heterocycles. The van der Waals surface area contributed by atoms with Crippen LogP contribution in [0.2, 0.25) is 0 Å². The highest BCUT2D eigenvalue weighted by Gasteiger charge is 2.19. The molecule has 0 aliphatic carbocycles. The maximum absolute atomic E-state index is 4.09. The van der Waals surface area contributed by atoms with E-state index in [1.807, 2.05) is 18.7 Å². The molecule has 1 unspecified atom stereocenters. The van der Waals surface area contributed by atoms with Crippen LogP contribution in [-0.2, 0) is 6.54 Å². The van der Waals surface area contributed by atoms with Crippen LogP contribution in [0.25, 0.3) is 0 Å². The lowest BCUT2D eigenvalue weighted by atomic mass is 10.1. The molecule has 0 radical (unpaired) electrons. The summed E-state index contributed by atoms with van der Waals surface area (Å²) in [5, 5.41) is 3.52. The molecular formula is C14H26N4. The Morgan fingerprint density at radius 3 is 3.06 bits per heavy atom. The number of hydrogen-bond donors (Lipinski definition) is 1. The summed E-state index contributed by atoms with van der Waals surface area (Å²) in [6, 6.07) is 0.751. The van der Waals surface area contributed by atoms with Crippen molar-refractivity contribution < 1.29 is 0 Å². The molecule has 2 heterocycles. The number of piperidine rings is 1. The van der Waals surface area contributed by atoms with Gasteiger partial charge < -0.3 is 9.88 Å². The second kappa shape index (κ2) is 7.54. The molecule has 0 saturated carbocycles. The van der Waals surface area contributed by atoms with E-state index in [2.05, 4.69) is 26.7 Å². The third kappa shape index (κ3) is 4.10. The van der Waals surface area contributed by atoms with Crippen molar-refractivity contribution in [3.05, 3.63) is 18.7 Å². The second-order valence-corrected chi connectivity index (χ2v) is 5.19. The fraction of sp³-hybridized carbons (Fsp3) is 0.786. The predicted molar refractivity (Wildman–Crippen MR) is 74.6 cm³/mol. The zero-order valence-corrected chi connectivity index (χ0v) is 11.5. The molecule has 1 atom stereocenters. The number of nitrogens with zero attached hydrogens (tertiary/aromatic N) is 3. The lowest BCUT2D eigenvalue weighted by Gasteiger charge is -2.34. The SMILES string of the molecule is CCCN(CCCn1ccnc1)C1CCCNC1. The monoisotopic (exact) mass is 250 g/mol. The summed E-state index contributed by atoms with van der Waals surface area (Å²) in [5.41, 5.74) is 0. The summed E-state index contributed by atoms with van der Waals surface area (Å²) in [6.07, 6.45) is 11.0. The number of imidazole rings is 1. The Bertz CT molecular complexity index is 304. The van der Waals surface area contributed by atoms with Crippen molar-refractivity contribution >= 4 is 0 Å². The molecule has 1 aliphatic rings. The molecule has 0 amide bonds. The van der Waals surface area contributed by atoms with Gasteiger partial charge in [-0.2, -0.15) is 0 Å². The Morgan fingerprint density at radius 2 is 2.39 bits per heavy atom. The minimum Gasteiger partial charge on any atom is -0.337 e. The van der Waals surface area contributed by atoms with E-state index in [1.54, 1.807) is 0 Å². The topological polar surface area (TPSA) is 33.1 Å². The van der Waals surface area contributed by atoms with Crippen molar-refractivity contribution in [2.75, 3.05) is 26.2 Å². The van der Waals surface area contributed by atoms with E-state index in [4.69, 9.17) is 0 Å². The fourth-order valence-corrected chi connectivity index (χ4v) is 2.78. The molecular weight excluding hydrogens is 224 g/mol. The van der Waals surface area contributed by atoms with Crippen molar-refractivity contribution in [2.24, 2.45) is 0 Å². The van der Waals surface area contributed by atoms with E-state index >= 15 is 0 Å². The maximum atomic E-state index is 4.09. The van der Waals surface area contributed by atoms with Crippen molar-refractivity contribution in [3.8, 4) is 0 Å². The Morgan fingerprint density at radius 1 is 1.44 bits per heavy atom. The van der Waals surface area contributed by atoms with Gasteiger partial charge in [0.2, 0.25) is 0 Å². The Kier molecular flexibility index (Phi) is 5.68. The minimum absolute atomic E-state index is 0.751. The number of hydrogen-bond acceptors (Lipinski definition) is 3. The van der Waals surface area contributed by atoms with Crippen molar-refractivity contribution in [3.63, 3.8) is 0 Å². The first-order chi connectivity index (χ1) is 8.90. The summed E-state index contributed by atoms with van der Waals surface area (Å²) in [7, 11) is 0. The van der Waals surface area contributed by atoms with E-state index in [9.17, 15) is 0 Å². The highest BCUT2D eigenvalue weighted by molar-refractivity contribution is 4.79. The van der Waals surface area contributed by atoms with Gasteiger partial charge in [0.25, 0.3) is 0 Å². The fourth-order valence-electron chi connectivity index (χ4n) is 2.78. The summed E-state index contributed by atoms with van der Waals surface area (Å²) < 4.78 is 2.17. The summed E-state index contributed by atoms with van der Waals surface area (Å²) >= 11 is 0. The van der Waals surface area contributed by atoms with Gasteiger partial charge in [0, 0.05) is 38.1 Å². The van der Waals surface area contributed by atoms with Gasteiger partial charge in [-0.15, -0.1) is 0 Å². The zero-order chi connectivity index (χ0) is 12.6. The highest BCUT2D eigenvalue weighted by atomic mass is 15.2. The van der Waals surface area contributed by atoms with Crippen LogP contribution in [0.15, 0.2) is 18.7 Å². The maximum Gasteiger partial charge on any atom is 0.0945 e. The first-order valence-electron chi connectivity index (χ1n) is 7.30. The number of nitrogens with one attached hydrogen (secondary N) is 1. The molecule has 1 aromatic rings. The van der Waals surface area contributed by atoms with Crippen LogP contribution >= 0.6 is 0 Å². The normalized spacial score (nSPS) is 20.4. The first kappa shape index (κ1) is 13.6. The van der Waals surface area contributed by atoms with Crippen LogP contribution in [0.3, 0.4) is 0 Å². The molecule has 1 aromatic heterocycles. The van der Waals surface area contributed by atoms with Gasteiger partial charge in [-0.1, -0.05) is 6.92 Å². The van der Waals surface area contributed by atoms with Crippen LogP contribution in [0.5, 0.6) is 0 Å². The largest absolute Gasteiger partial charge is 0.337 e. The van der Waals surface area contributed by atoms with Gasteiger partial charge >= 0.3 is 0 Å². The van der Waals surface area contributed by atoms with Crippen molar-refractivity contribution in [1.82, 2.24) is 19.8 Å². The molecule has 1 aliphatic heterocycles. The van der Waals surface area contributed by atoms with E-state index in [-0.39, 0.29) is 0 Å². The van der Waals surface area contributed by atoms with Crippen molar-refractivity contribution in [2.45, 2.75) is 45.2 Å². The molecule has 18 heavy (non-hydrogen) atoms. The van der Waals surface area contributed by atoms with Gasteiger partial charge in [0.15, 0.2) is 0 Å². The predicted octanol–water partition coefficient (Wildman–Crippen LogP) is 1.74. The van der Waals surface area contributed by atoms with Crippen LogP contribution in [-0.4, -0.2) is 46.7 Å². The van der Waals surface area contributed by atoms with E-state index < -0.39 is 0 Å². The lowest BCUT2D eigenvalue weighted by molar-refractivity contribution is 0.162. The third-order valence-electron chi connectivity index (χ3n) is 3.72. The van der Waals surface area contributed by atoms with E-state index in [0.717, 1.165) is 12.6 Å². The smallest absolute Gasteiger partial charge is 0.0945 e. The Hall–Kier alpha value is -0.870. The third-order valence-corrected chi connectivity index (χ3v) is 3.72. The van der Waals surface area contributed by atoms with Gasteiger partial charge in [-0.3, -0.25) is 4.90 Å². The molecule has 0 bridgehead atoms. The summed E-state index contributed by atoms with van der Waals surface area (Å²) in [5.74, 6) is 0. The van der Waals surface area contributed by atoms with Gasteiger partial charge in [-0.05, 0) is 38.8 Å². The van der Waals surface area contributed by atoms with Crippen LogP contribution in [0.4, 0.5) is 0 Å². The van der Waals surface area contributed by atoms with Crippen LogP contribution in [0, 0.1) is 0 Å². The molecule has 4 nitrogen and oxygen atoms in total. The Labute approximate surface area is 110 Å². The minimum atomic E-state index is 0.751. The van der Waals surface area contributed by atoms with E-state index in [0.29, 0.717) is 0 Å². The van der Waals surface area contributed by atoms with Crippen LogP contribution in [0.1, 0.15) is 32.6 Å². The van der Waals surface area contributed by atoms with Crippen molar-refractivity contribution in [1.29, 1.82) is 0 Å². The lowest BCUT2D eigenvalue weighted by Crippen LogP contribution is -2.46. The number of aromatic nitrogens is 2. The number of rotatable bonds is 7. The Balaban J connectivity index is 1.74. The first-order valence-corrected chi connectivity index (χ1v) is 7.30. The molecule has 2 rings (SSSR count). The van der Waals surface area contributed by atoms with Gasteiger partial charge in [-0.25, -0.2) is 4.98 Å². The molecule has 0 aromatic carbocycles. The molecule has 4 heteroatoms. The van der Waals surface area contributed by atoms with E-state index in [1.165, 1.54) is 51.9 Å². The van der Waals surface area contributed by atoms with Crippen LogP contribution < -0.4 is 5.32 Å². The summed E-state index contributed by atoms with van der Waals surface area (Å²) in [6.45, 7) is 8.17. The molecule has 102 valence electrons. The second-order valence-electron chi connectivity index (χ2n) is 5.19. The zero-order valence-electron chi connectivity index (χ0n) is 11.5. The molecule has 1 fully saturated rings. The standard InChI is InChI=1S/C14H26N4/c1-2-8-18(14-5-3-6-15-12-14)10-4-9-17-11-7-16-13-17/h7,11,13-15H,2-6,8-10,12H2,1H3. The number of aryl methyl sites for hydroxylation is 1. The van der Waals surface area contributed by atoms with Gasteiger partial charge in [0.1, 0.15) is 0 Å².